The third-order valence-corrected chi connectivity index (χ3v) is 5.96. The van der Waals surface area contributed by atoms with Crippen molar-refractivity contribution >= 4 is 12.9 Å². The van der Waals surface area contributed by atoms with Gasteiger partial charge in [0, 0.05) is 0 Å². The molecule has 136 valence electrons. The van der Waals surface area contributed by atoms with Gasteiger partial charge in [0.15, 0.2) is 0 Å². The molecule has 0 saturated carbocycles. The van der Waals surface area contributed by atoms with E-state index in [0.717, 1.165) is 16.9 Å². The van der Waals surface area contributed by atoms with Gasteiger partial charge in [-0.1, -0.05) is 24.3 Å². The van der Waals surface area contributed by atoms with Crippen LogP contribution in [0.1, 0.15) is 30.5 Å². The van der Waals surface area contributed by atoms with Crippen molar-refractivity contribution in [3.8, 4) is 5.75 Å². The number of methoxy groups -OCH3 is 1. The summed E-state index contributed by atoms with van der Waals surface area (Å²) in [7, 11) is -1.91. The molecular weight excluding hydrogens is 342 g/mol. The van der Waals surface area contributed by atoms with Crippen molar-refractivity contribution in [2.45, 2.75) is 26.9 Å². The fourth-order valence-corrected chi connectivity index (χ4v) is 4.43. The molecule has 0 radical (unpaired) electrons. The highest BCUT2D eigenvalue weighted by Crippen LogP contribution is 2.48. The van der Waals surface area contributed by atoms with E-state index in [1.54, 1.807) is 33.1 Å². The van der Waals surface area contributed by atoms with Gasteiger partial charge in [0.05, 0.1) is 25.6 Å². The van der Waals surface area contributed by atoms with Gasteiger partial charge in [0.1, 0.15) is 12.4 Å². The summed E-state index contributed by atoms with van der Waals surface area (Å²) in [6.07, 6.45) is 0.627. The zero-order valence-corrected chi connectivity index (χ0v) is 15.7. The molecule has 0 aliphatic carbocycles. The molecular formula is C19H24FO4P. The lowest BCUT2D eigenvalue weighted by Crippen LogP contribution is -2.16. The molecule has 0 atom stereocenters. The second-order valence-corrected chi connectivity index (χ2v) is 7.45. The van der Waals surface area contributed by atoms with Crippen LogP contribution in [0.15, 0.2) is 42.5 Å². The molecule has 0 aromatic heterocycles. The minimum absolute atomic E-state index is 0.228. The average Bonchev–Trinajstić information content (AvgIpc) is 2.63. The maximum Gasteiger partial charge on any atom is 0.361 e. The summed E-state index contributed by atoms with van der Waals surface area (Å²) < 4.78 is 42.4. The van der Waals surface area contributed by atoms with Crippen molar-refractivity contribution in [3.05, 3.63) is 59.2 Å². The number of rotatable bonds is 9. The smallest absolute Gasteiger partial charge is 0.361 e. The van der Waals surface area contributed by atoms with E-state index >= 15 is 0 Å². The summed E-state index contributed by atoms with van der Waals surface area (Å²) in [6.45, 7) is 3.21. The molecule has 0 fully saturated rings. The third-order valence-electron chi connectivity index (χ3n) is 3.75. The SMILES string of the molecule is CCOP(=O)(OCC)c1cc(Cc2ccc(OC)cc2)ccc1CF. The van der Waals surface area contributed by atoms with Crippen LogP contribution in [0, 0.1) is 0 Å². The first kappa shape index (κ1) is 19.6. The first-order valence-corrected chi connectivity index (χ1v) is 9.81. The van der Waals surface area contributed by atoms with E-state index in [1.807, 2.05) is 30.3 Å². The van der Waals surface area contributed by atoms with E-state index in [4.69, 9.17) is 13.8 Å². The Kier molecular flexibility index (Phi) is 7.18. The Morgan fingerprint density at radius 2 is 1.56 bits per heavy atom. The Bertz CT molecular complexity index is 721. The molecule has 6 heteroatoms. The van der Waals surface area contributed by atoms with Gasteiger partial charge in [-0.15, -0.1) is 0 Å². The lowest BCUT2D eigenvalue weighted by Gasteiger charge is -2.20. The Morgan fingerprint density at radius 1 is 0.960 bits per heavy atom. The first-order chi connectivity index (χ1) is 12.1. The molecule has 0 aliphatic rings. The number of ether oxygens (including phenoxy) is 1. The van der Waals surface area contributed by atoms with Crippen molar-refractivity contribution < 1.29 is 22.7 Å². The van der Waals surface area contributed by atoms with E-state index in [1.165, 1.54) is 0 Å². The fraction of sp³-hybridized carbons (Fsp3) is 0.368. The van der Waals surface area contributed by atoms with E-state index in [-0.39, 0.29) is 13.2 Å². The van der Waals surface area contributed by atoms with Crippen LogP contribution in [0.3, 0.4) is 0 Å². The Morgan fingerprint density at radius 3 is 2.08 bits per heavy atom. The summed E-state index contributed by atoms with van der Waals surface area (Å²) in [5.74, 6) is 0.786. The zero-order valence-electron chi connectivity index (χ0n) is 14.8. The summed E-state index contributed by atoms with van der Waals surface area (Å²) in [4.78, 5) is 0. The van der Waals surface area contributed by atoms with Crippen LogP contribution in [0.5, 0.6) is 5.75 Å². The molecule has 2 rings (SSSR count). The van der Waals surface area contributed by atoms with Gasteiger partial charge in [-0.25, -0.2) is 4.39 Å². The number of alkyl halides is 1. The quantitative estimate of drug-likeness (QED) is 0.606. The minimum atomic E-state index is -3.53. The Labute approximate surface area is 148 Å². The van der Waals surface area contributed by atoms with Gasteiger partial charge in [0.2, 0.25) is 0 Å². The zero-order chi connectivity index (χ0) is 18.3. The Balaban J connectivity index is 2.36. The van der Waals surface area contributed by atoms with E-state index in [9.17, 15) is 8.96 Å². The second-order valence-electron chi connectivity index (χ2n) is 5.45. The normalized spacial score (nSPS) is 11.5. The molecule has 25 heavy (non-hydrogen) atoms. The molecule has 0 heterocycles. The minimum Gasteiger partial charge on any atom is -0.497 e. The highest BCUT2D eigenvalue weighted by atomic mass is 31.2. The molecule has 0 aliphatic heterocycles. The van der Waals surface area contributed by atoms with Gasteiger partial charge >= 0.3 is 7.60 Å². The van der Waals surface area contributed by atoms with Gasteiger partial charge in [-0.05, 0) is 55.2 Å². The number of halogens is 1. The van der Waals surface area contributed by atoms with Crippen LogP contribution in [0.25, 0.3) is 0 Å². The summed E-state index contributed by atoms with van der Waals surface area (Å²) >= 11 is 0. The predicted octanol–water partition coefficient (Wildman–Crippen LogP) is 4.65. The summed E-state index contributed by atoms with van der Waals surface area (Å²) in [5, 5.41) is 0.310. The molecule has 0 saturated heterocycles. The van der Waals surface area contributed by atoms with Crippen molar-refractivity contribution in [1.82, 2.24) is 0 Å². The number of hydrogen-bond acceptors (Lipinski definition) is 4. The molecule has 0 spiro atoms. The molecule has 0 N–H and O–H groups in total. The van der Waals surface area contributed by atoms with Crippen LogP contribution in [0.4, 0.5) is 4.39 Å². The first-order valence-electron chi connectivity index (χ1n) is 8.26. The van der Waals surface area contributed by atoms with Gasteiger partial charge in [0.25, 0.3) is 0 Å². The number of hydrogen-bond donors (Lipinski definition) is 0. The predicted molar refractivity (Wildman–Crippen MR) is 97.5 cm³/mol. The second kappa shape index (κ2) is 9.14. The lowest BCUT2D eigenvalue weighted by atomic mass is 10.0. The van der Waals surface area contributed by atoms with Gasteiger partial charge in [-0.2, -0.15) is 0 Å². The average molecular weight is 366 g/mol. The molecule has 2 aromatic rings. The van der Waals surface area contributed by atoms with Crippen LogP contribution >= 0.6 is 7.60 Å². The van der Waals surface area contributed by atoms with Crippen molar-refractivity contribution in [2.24, 2.45) is 0 Å². The summed E-state index contributed by atoms with van der Waals surface area (Å²) in [5.41, 5.74) is 2.32. The standard InChI is InChI=1S/C19H24FO4P/c1-4-23-25(21,24-5-2)19-13-16(6-9-17(19)14-20)12-15-7-10-18(22-3)11-8-15/h6-11,13H,4-5,12,14H2,1-3H3. The van der Waals surface area contributed by atoms with Crippen LogP contribution in [0.2, 0.25) is 0 Å². The largest absolute Gasteiger partial charge is 0.497 e. The van der Waals surface area contributed by atoms with E-state index in [0.29, 0.717) is 17.3 Å². The van der Waals surface area contributed by atoms with Crippen molar-refractivity contribution in [3.63, 3.8) is 0 Å². The van der Waals surface area contributed by atoms with E-state index in [2.05, 4.69) is 0 Å². The topological polar surface area (TPSA) is 44.8 Å². The van der Waals surface area contributed by atoms with Gasteiger partial charge < -0.3 is 13.8 Å². The number of benzene rings is 2. The highest BCUT2D eigenvalue weighted by Gasteiger charge is 2.29. The molecule has 4 nitrogen and oxygen atoms in total. The fourth-order valence-electron chi connectivity index (χ4n) is 2.58. The van der Waals surface area contributed by atoms with Crippen LogP contribution in [-0.2, 0) is 26.7 Å². The van der Waals surface area contributed by atoms with Crippen LogP contribution < -0.4 is 10.0 Å². The van der Waals surface area contributed by atoms with E-state index < -0.39 is 14.3 Å². The summed E-state index contributed by atoms with van der Waals surface area (Å²) in [6, 6.07) is 12.9. The van der Waals surface area contributed by atoms with Crippen molar-refractivity contribution in [1.29, 1.82) is 0 Å². The molecule has 2 aromatic carbocycles. The highest BCUT2D eigenvalue weighted by molar-refractivity contribution is 7.62. The molecule has 0 amide bonds. The lowest BCUT2D eigenvalue weighted by molar-refractivity contribution is 0.229. The Hall–Kier alpha value is -1.68. The maximum absolute atomic E-state index is 13.4. The van der Waals surface area contributed by atoms with Gasteiger partial charge in [-0.3, -0.25) is 4.57 Å². The third kappa shape index (κ3) is 4.91. The molecule has 0 bridgehead atoms. The van der Waals surface area contributed by atoms with Crippen LogP contribution in [-0.4, -0.2) is 20.3 Å². The van der Waals surface area contributed by atoms with Crippen molar-refractivity contribution in [2.75, 3.05) is 20.3 Å². The monoisotopic (exact) mass is 366 g/mol. The maximum atomic E-state index is 13.4. The molecule has 0 unspecified atom stereocenters.